The molecule has 6 nitrogen and oxygen atoms in total. The van der Waals surface area contributed by atoms with Crippen molar-refractivity contribution >= 4 is 39.1 Å². The molecule has 3 aromatic rings. The largest absolute Gasteiger partial charge is 0.376 e. The van der Waals surface area contributed by atoms with Gasteiger partial charge in [0.15, 0.2) is 5.96 Å². The Labute approximate surface area is 185 Å². The Kier molecular flexibility index (Phi) is 5.00. The maximum atomic E-state index is 15.0. The quantitative estimate of drug-likeness (QED) is 0.620. The molecule has 0 bridgehead atoms. The zero-order valence-corrected chi connectivity index (χ0v) is 19.0. The number of amides is 1. The summed E-state index contributed by atoms with van der Waals surface area (Å²) in [6.07, 6.45) is 0. The lowest BCUT2D eigenvalue weighted by molar-refractivity contribution is -0.140. The summed E-state index contributed by atoms with van der Waals surface area (Å²) in [5.41, 5.74) is 5.86. The minimum absolute atomic E-state index is 0.0763. The minimum Gasteiger partial charge on any atom is -0.376 e. The number of aliphatic imine (C=N–C) groups is 1. The zero-order valence-electron chi connectivity index (χ0n) is 18.2. The van der Waals surface area contributed by atoms with Crippen LogP contribution in [0.5, 0.6) is 0 Å². The molecule has 0 spiro atoms. The molecule has 2 heterocycles. The molecule has 0 saturated heterocycles. The first-order valence-corrected chi connectivity index (χ1v) is 10.9. The second kappa shape index (κ2) is 7.30. The average molecular weight is 440 g/mol. The first-order valence-electron chi connectivity index (χ1n) is 10.1. The molecule has 3 N–H and O–H groups in total. The van der Waals surface area contributed by atoms with Crippen LogP contribution in [0.15, 0.2) is 47.5 Å². The van der Waals surface area contributed by atoms with Crippen LogP contribution in [0.25, 0.3) is 10.2 Å². The summed E-state index contributed by atoms with van der Waals surface area (Å²) in [6.45, 7) is 7.31. The van der Waals surface area contributed by atoms with Crippen LogP contribution >= 0.6 is 11.3 Å². The molecule has 0 fully saturated rings. The fraction of sp³-hybridized carbons (Fsp3) is 0.348. The number of fused-ring (bicyclic) bond motifs is 1. The Morgan fingerprint density at radius 1 is 1.19 bits per heavy atom. The first-order chi connectivity index (χ1) is 14.5. The molecular formula is C23H26FN5OS. The third-order valence-electron chi connectivity index (χ3n) is 6.29. The lowest BCUT2D eigenvalue weighted by atomic mass is 9.67. The van der Waals surface area contributed by atoms with Crippen molar-refractivity contribution in [3.05, 3.63) is 58.9 Å². The number of rotatable bonds is 4. The summed E-state index contributed by atoms with van der Waals surface area (Å²) in [6, 6.07) is 12.7. The fourth-order valence-electron chi connectivity index (χ4n) is 3.95. The number of nitrogens with two attached hydrogens (primary N) is 1. The van der Waals surface area contributed by atoms with E-state index in [0.717, 1.165) is 20.9 Å². The van der Waals surface area contributed by atoms with E-state index in [1.54, 1.807) is 51.3 Å². The predicted octanol–water partition coefficient (Wildman–Crippen LogP) is 4.64. The van der Waals surface area contributed by atoms with E-state index in [0.29, 0.717) is 5.56 Å². The smallest absolute Gasteiger partial charge is 0.237 e. The summed E-state index contributed by atoms with van der Waals surface area (Å²) in [5, 5.41) is 4.35. The Hall–Kier alpha value is -3.00. The van der Waals surface area contributed by atoms with E-state index in [2.05, 4.69) is 10.3 Å². The number of benzene rings is 2. The van der Waals surface area contributed by atoms with Gasteiger partial charge in [-0.3, -0.25) is 9.69 Å². The topological polar surface area (TPSA) is 83.6 Å². The highest BCUT2D eigenvalue weighted by Crippen LogP contribution is 2.47. The second-order valence-corrected chi connectivity index (χ2v) is 9.67. The molecule has 2 aromatic carbocycles. The maximum Gasteiger partial charge on any atom is 0.237 e. The number of anilines is 1. The van der Waals surface area contributed by atoms with E-state index in [1.165, 1.54) is 11.0 Å². The number of hydrogen-bond acceptors (Lipinski definition) is 6. The molecule has 1 aliphatic rings. The van der Waals surface area contributed by atoms with Crippen molar-refractivity contribution in [1.29, 1.82) is 0 Å². The molecule has 1 aromatic heterocycles. The van der Waals surface area contributed by atoms with Crippen LogP contribution in [-0.4, -0.2) is 28.8 Å². The minimum atomic E-state index is -1.15. The van der Waals surface area contributed by atoms with E-state index >= 15 is 4.39 Å². The van der Waals surface area contributed by atoms with Gasteiger partial charge in [-0.1, -0.05) is 12.1 Å². The fourth-order valence-corrected chi connectivity index (χ4v) is 4.92. The Morgan fingerprint density at radius 2 is 1.90 bits per heavy atom. The molecule has 1 amide bonds. The van der Waals surface area contributed by atoms with Gasteiger partial charge in [-0.15, -0.1) is 11.3 Å². The van der Waals surface area contributed by atoms with Crippen LogP contribution in [0, 0.1) is 11.2 Å². The number of nitrogens with zero attached hydrogens (tertiary/aromatic N) is 3. The summed E-state index contributed by atoms with van der Waals surface area (Å²) < 4.78 is 16.1. The van der Waals surface area contributed by atoms with Gasteiger partial charge in [0.2, 0.25) is 5.91 Å². The van der Waals surface area contributed by atoms with Crippen LogP contribution in [0.2, 0.25) is 0 Å². The number of aromatic nitrogens is 1. The van der Waals surface area contributed by atoms with Gasteiger partial charge in [0, 0.05) is 18.3 Å². The van der Waals surface area contributed by atoms with Crippen LogP contribution in [0.3, 0.4) is 0 Å². The number of thiazole rings is 1. The van der Waals surface area contributed by atoms with Crippen LogP contribution in [0.1, 0.15) is 44.3 Å². The van der Waals surface area contributed by atoms with Crippen LogP contribution < -0.4 is 11.1 Å². The molecule has 1 aliphatic heterocycles. The van der Waals surface area contributed by atoms with Crippen molar-refractivity contribution < 1.29 is 9.18 Å². The van der Waals surface area contributed by atoms with Gasteiger partial charge in [0.05, 0.1) is 21.7 Å². The molecule has 0 saturated carbocycles. The van der Waals surface area contributed by atoms with Gasteiger partial charge in [0.1, 0.15) is 16.4 Å². The first kappa shape index (κ1) is 21.2. The number of para-hydroxylation sites is 1. The van der Waals surface area contributed by atoms with Crippen molar-refractivity contribution in [1.82, 2.24) is 9.88 Å². The lowest BCUT2D eigenvalue weighted by Crippen LogP contribution is -2.58. The highest BCUT2D eigenvalue weighted by atomic mass is 32.1. The maximum absolute atomic E-state index is 15.0. The van der Waals surface area contributed by atoms with Crippen molar-refractivity contribution in [3.63, 3.8) is 0 Å². The van der Waals surface area contributed by atoms with Crippen molar-refractivity contribution in [3.8, 4) is 0 Å². The second-order valence-electron chi connectivity index (χ2n) is 8.61. The molecule has 31 heavy (non-hydrogen) atoms. The van der Waals surface area contributed by atoms with Gasteiger partial charge >= 0.3 is 0 Å². The zero-order chi connectivity index (χ0) is 22.6. The van der Waals surface area contributed by atoms with E-state index in [-0.39, 0.29) is 17.9 Å². The number of halogens is 1. The van der Waals surface area contributed by atoms with Crippen molar-refractivity contribution in [2.45, 2.75) is 39.3 Å². The monoisotopic (exact) mass is 439 g/mol. The van der Waals surface area contributed by atoms with Gasteiger partial charge in [0.25, 0.3) is 0 Å². The average Bonchev–Trinajstić information content (AvgIpc) is 3.17. The molecule has 8 heteroatoms. The van der Waals surface area contributed by atoms with E-state index < -0.39 is 16.8 Å². The number of carbonyl (C=O) groups excluding carboxylic acids is 1. The van der Waals surface area contributed by atoms with Gasteiger partial charge in [-0.2, -0.15) is 0 Å². The molecule has 162 valence electrons. The summed E-state index contributed by atoms with van der Waals surface area (Å²) in [5.74, 6) is -0.557. The number of nitrogens with one attached hydrogen (secondary N) is 1. The molecule has 2 atom stereocenters. The SMILES string of the molecule is CC(Nc1ccc(F)c(C2(C)N=C(N)N(C)C(=O)C2(C)C)c1)c1nc2ccccc2s1. The summed E-state index contributed by atoms with van der Waals surface area (Å²) >= 11 is 1.62. The van der Waals surface area contributed by atoms with E-state index in [4.69, 9.17) is 10.7 Å². The lowest BCUT2D eigenvalue weighted by Gasteiger charge is -2.46. The van der Waals surface area contributed by atoms with Gasteiger partial charge in [-0.25, -0.2) is 14.4 Å². The number of hydrogen-bond donors (Lipinski definition) is 2. The third kappa shape index (κ3) is 3.35. The standard InChI is InChI=1S/C23H26FN5OS/c1-13(19-27-17-8-6-7-9-18(17)31-19)26-14-10-11-16(24)15(12-14)23(4)22(2,3)20(30)29(5)21(25)28-23/h6-13,26H,1-5H3,(H2,25,28). The molecule has 2 unspecified atom stereocenters. The number of carbonyl (C=O) groups is 1. The third-order valence-corrected chi connectivity index (χ3v) is 7.51. The van der Waals surface area contributed by atoms with E-state index in [9.17, 15) is 4.79 Å². The number of guanidine groups is 1. The Bertz CT molecular complexity index is 1170. The van der Waals surface area contributed by atoms with Crippen LogP contribution in [0.4, 0.5) is 10.1 Å². The molecule has 4 rings (SSSR count). The highest BCUT2D eigenvalue weighted by molar-refractivity contribution is 7.18. The van der Waals surface area contributed by atoms with Crippen LogP contribution in [-0.2, 0) is 10.3 Å². The predicted molar refractivity (Wildman–Crippen MR) is 124 cm³/mol. The highest BCUT2D eigenvalue weighted by Gasteiger charge is 2.53. The van der Waals surface area contributed by atoms with Crippen molar-refractivity contribution in [2.75, 3.05) is 12.4 Å². The Morgan fingerprint density at radius 3 is 2.61 bits per heavy atom. The Balaban J connectivity index is 1.71. The summed E-state index contributed by atoms with van der Waals surface area (Å²) in [4.78, 5) is 23.5. The molecule has 0 aliphatic carbocycles. The molecule has 0 radical (unpaired) electrons. The van der Waals surface area contributed by atoms with Gasteiger partial charge < -0.3 is 11.1 Å². The summed E-state index contributed by atoms with van der Waals surface area (Å²) in [7, 11) is 1.58. The van der Waals surface area contributed by atoms with Gasteiger partial charge in [-0.05, 0) is 58.0 Å². The normalized spacial score (nSPS) is 21.8. The van der Waals surface area contributed by atoms with Crippen molar-refractivity contribution in [2.24, 2.45) is 16.1 Å². The van der Waals surface area contributed by atoms with E-state index in [1.807, 2.05) is 31.2 Å². The molecular weight excluding hydrogens is 413 g/mol.